The Hall–Kier alpha value is -2.26. The summed E-state index contributed by atoms with van der Waals surface area (Å²) in [4.78, 5) is 32.1. The Labute approximate surface area is 151 Å². The van der Waals surface area contributed by atoms with Gasteiger partial charge in [0.25, 0.3) is 0 Å². The Kier molecular flexibility index (Phi) is 4.73. The number of hydrogen-bond acceptors (Lipinski definition) is 7. The molecule has 0 radical (unpaired) electrons. The van der Waals surface area contributed by atoms with Crippen LogP contribution in [0.25, 0.3) is 0 Å². The fourth-order valence-electron chi connectivity index (χ4n) is 4.41. The highest BCUT2D eigenvalue weighted by atomic mass is 16.6. The maximum absolute atomic E-state index is 13.0. The first-order valence-corrected chi connectivity index (χ1v) is 9.22. The first-order valence-electron chi connectivity index (χ1n) is 9.22. The minimum absolute atomic E-state index is 0.00937. The van der Waals surface area contributed by atoms with E-state index in [1.54, 1.807) is 12.4 Å². The molecule has 0 aromatic carbocycles. The summed E-state index contributed by atoms with van der Waals surface area (Å²) in [5, 5.41) is 11.2. The standard InChI is InChI=1S/C17H24N6O3/c24-17(16-14-11-13(23(25)26)1-2-15(14)19-20-16)22-9-7-21(8-10-22)12-3-5-18-6-4-12/h3-6,13-16,19-20H,1-2,7-11H2. The molecule has 3 fully saturated rings. The zero-order valence-electron chi connectivity index (χ0n) is 14.6. The van der Waals surface area contributed by atoms with E-state index in [2.05, 4.69) is 20.7 Å². The van der Waals surface area contributed by atoms with Gasteiger partial charge < -0.3 is 9.80 Å². The molecular formula is C17H24N6O3. The Morgan fingerprint density at radius 3 is 2.58 bits per heavy atom. The number of anilines is 1. The molecular weight excluding hydrogens is 336 g/mol. The van der Waals surface area contributed by atoms with Gasteiger partial charge in [0.05, 0.1) is 0 Å². The zero-order valence-corrected chi connectivity index (χ0v) is 14.6. The van der Waals surface area contributed by atoms with Crippen molar-refractivity contribution in [3.8, 4) is 0 Å². The molecule has 0 bridgehead atoms. The summed E-state index contributed by atoms with van der Waals surface area (Å²) in [6.07, 6.45) is 5.33. The lowest BCUT2D eigenvalue weighted by Crippen LogP contribution is -2.55. The predicted molar refractivity (Wildman–Crippen MR) is 95.0 cm³/mol. The molecule has 140 valence electrons. The number of carbonyl (C=O) groups excluding carboxylic acids is 1. The lowest BCUT2D eigenvalue weighted by Gasteiger charge is -2.38. The van der Waals surface area contributed by atoms with Crippen molar-refractivity contribution in [1.29, 1.82) is 0 Å². The van der Waals surface area contributed by atoms with Crippen LogP contribution in [0.1, 0.15) is 19.3 Å². The lowest BCUT2D eigenvalue weighted by atomic mass is 9.79. The third kappa shape index (κ3) is 3.24. The fourth-order valence-corrected chi connectivity index (χ4v) is 4.41. The van der Waals surface area contributed by atoms with Gasteiger partial charge in [0.2, 0.25) is 11.9 Å². The highest BCUT2D eigenvalue weighted by Gasteiger charge is 2.47. The Bertz CT molecular complexity index is 664. The number of hydrogen-bond donors (Lipinski definition) is 2. The fraction of sp³-hybridized carbons (Fsp3) is 0.647. The Morgan fingerprint density at radius 1 is 1.15 bits per heavy atom. The van der Waals surface area contributed by atoms with Crippen molar-refractivity contribution >= 4 is 11.6 Å². The monoisotopic (exact) mass is 360 g/mol. The molecule has 2 saturated heterocycles. The first-order chi connectivity index (χ1) is 12.6. The Morgan fingerprint density at radius 2 is 1.88 bits per heavy atom. The predicted octanol–water partition coefficient (Wildman–Crippen LogP) is 0.0206. The molecule has 1 saturated carbocycles. The number of nitro groups is 1. The average Bonchev–Trinajstić information content (AvgIpc) is 3.11. The SMILES string of the molecule is O=C(C1NNC2CCC([N+](=O)[O-])CC21)N1CCN(c2ccncc2)CC1. The van der Waals surface area contributed by atoms with Crippen LogP contribution in [0.2, 0.25) is 0 Å². The number of rotatable bonds is 3. The van der Waals surface area contributed by atoms with Crippen molar-refractivity contribution in [2.75, 3.05) is 31.1 Å². The number of pyridine rings is 1. The molecule has 3 heterocycles. The summed E-state index contributed by atoms with van der Waals surface area (Å²) in [7, 11) is 0. The largest absolute Gasteiger partial charge is 0.368 e. The molecule has 2 aliphatic heterocycles. The zero-order chi connectivity index (χ0) is 18.1. The van der Waals surface area contributed by atoms with Gasteiger partial charge in [-0.2, -0.15) is 0 Å². The molecule has 9 nitrogen and oxygen atoms in total. The molecule has 0 spiro atoms. The normalized spacial score (nSPS) is 31.5. The second-order valence-corrected chi connectivity index (χ2v) is 7.31. The van der Waals surface area contributed by atoms with E-state index in [4.69, 9.17) is 0 Å². The first kappa shape index (κ1) is 17.2. The summed E-state index contributed by atoms with van der Waals surface area (Å²) in [5.74, 6) is 0.0493. The van der Waals surface area contributed by atoms with Crippen molar-refractivity contribution in [1.82, 2.24) is 20.7 Å². The molecule has 2 N–H and O–H groups in total. The molecule has 1 aromatic heterocycles. The Balaban J connectivity index is 1.37. The minimum atomic E-state index is -0.531. The second kappa shape index (κ2) is 7.16. The van der Waals surface area contributed by atoms with Crippen molar-refractivity contribution in [3.63, 3.8) is 0 Å². The number of amides is 1. The van der Waals surface area contributed by atoms with Crippen LogP contribution in [0.15, 0.2) is 24.5 Å². The molecule has 4 rings (SSSR count). The van der Waals surface area contributed by atoms with Crippen LogP contribution >= 0.6 is 0 Å². The quantitative estimate of drug-likeness (QED) is 0.578. The third-order valence-electron chi connectivity index (χ3n) is 5.91. The van der Waals surface area contributed by atoms with Crippen LogP contribution in [0.5, 0.6) is 0 Å². The van der Waals surface area contributed by atoms with Crippen molar-refractivity contribution in [3.05, 3.63) is 34.6 Å². The van der Waals surface area contributed by atoms with Gasteiger partial charge in [-0.3, -0.25) is 25.3 Å². The van der Waals surface area contributed by atoms with E-state index in [9.17, 15) is 14.9 Å². The number of nitrogens with one attached hydrogen (secondary N) is 2. The van der Waals surface area contributed by atoms with Gasteiger partial charge in [-0.15, -0.1) is 0 Å². The number of hydrazine groups is 1. The van der Waals surface area contributed by atoms with Crippen molar-refractivity contribution in [2.24, 2.45) is 5.92 Å². The topological polar surface area (TPSA) is 104 Å². The van der Waals surface area contributed by atoms with E-state index in [-0.39, 0.29) is 28.8 Å². The van der Waals surface area contributed by atoms with E-state index in [0.29, 0.717) is 25.9 Å². The van der Waals surface area contributed by atoms with Gasteiger partial charge in [-0.1, -0.05) is 0 Å². The molecule has 4 atom stereocenters. The maximum atomic E-state index is 13.0. The van der Waals surface area contributed by atoms with Gasteiger partial charge in [0.15, 0.2) is 0 Å². The molecule has 3 aliphatic rings. The molecule has 4 unspecified atom stereocenters. The molecule has 1 aromatic rings. The van der Waals surface area contributed by atoms with E-state index in [1.807, 2.05) is 17.0 Å². The molecule has 9 heteroatoms. The minimum Gasteiger partial charge on any atom is -0.368 e. The van der Waals surface area contributed by atoms with E-state index >= 15 is 0 Å². The summed E-state index contributed by atoms with van der Waals surface area (Å²) >= 11 is 0. The van der Waals surface area contributed by atoms with Crippen LogP contribution in [0.4, 0.5) is 5.69 Å². The van der Waals surface area contributed by atoms with Gasteiger partial charge in [0, 0.05) is 74.0 Å². The van der Waals surface area contributed by atoms with E-state index in [1.165, 1.54) is 0 Å². The maximum Gasteiger partial charge on any atom is 0.241 e. The van der Waals surface area contributed by atoms with Gasteiger partial charge in [0.1, 0.15) is 6.04 Å². The van der Waals surface area contributed by atoms with Gasteiger partial charge in [-0.25, -0.2) is 5.43 Å². The van der Waals surface area contributed by atoms with E-state index < -0.39 is 6.04 Å². The number of nitrogens with zero attached hydrogens (tertiary/aromatic N) is 4. The number of piperazine rings is 1. The van der Waals surface area contributed by atoms with Crippen LogP contribution in [-0.4, -0.2) is 65.0 Å². The summed E-state index contributed by atoms with van der Waals surface area (Å²) in [6, 6.07) is 3.21. The van der Waals surface area contributed by atoms with Crippen LogP contribution in [0.3, 0.4) is 0 Å². The molecule has 26 heavy (non-hydrogen) atoms. The number of fused-ring (bicyclic) bond motifs is 1. The second-order valence-electron chi connectivity index (χ2n) is 7.31. The highest BCUT2D eigenvalue weighted by Crippen LogP contribution is 2.32. The van der Waals surface area contributed by atoms with Crippen LogP contribution < -0.4 is 15.8 Å². The average molecular weight is 360 g/mol. The molecule has 1 amide bonds. The van der Waals surface area contributed by atoms with Gasteiger partial charge in [-0.05, 0) is 18.6 Å². The summed E-state index contributed by atoms with van der Waals surface area (Å²) in [5.41, 5.74) is 7.42. The number of carbonyl (C=O) groups is 1. The van der Waals surface area contributed by atoms with Crippen LogP contribution in [-0.2, 0) is 4.79 Å². The third-order valence-corrected chi connectivity index (χ3v) is 5.91. The van der Waals surface area contributed by atoms with E-state index in [0.717, 1.165) is 25.2 Å². The summed E-state index contributed by atoms with van der Waals surface area (Å²) in [6.45, 7) is 2.88. The van der Waals surface area contributed by atoms with Crippen LogP contribution in [0, 0.1) is 16.0 Å². The van der Waals surface area contributed by atoms with Gasteiger partial charge >= 0.3 is 0 Å². The highest BCUT2D eigenvalue weighted by molar-refractivity contribution is 5.83. The van der Waals surface area contributed by atoms with Crippen molar-refractivity contribution < 1.29 is 9.72 Å². The summed E-state index contributed by atoms with van der Waals surface area (Å²) < 4.78 is 0. The lowest BCUT2D eigenvalue weighted by molar-refractivity contribution is -0.528. The smallest absolute Gasteiger partial charge is 0.241 e. The molecule has 1 aliphatic carbocycles. The number of aromatic nitrogens is 1. The van der Waals surface area contributed by atoms with Crippen molar-refractivity contribution in [2.45, 2.75) is 37.4 Å².